The van der Waals surface area contributed by atoms with Crippen LogP contribution in [0.1, 0.15) is 24.8 Å². The van der Waals surface area contributed by atoms with Crippen LogP contribution in [0, 0.1) is 5.92 Å². The number of nitrogens with one attached hydrogen (secondary N) is 2. The molecule has 2 amide bonds. The summed E-state index contributed by atoms with van der Waals surface area (Å²) >= 11 is 0. The summed E-state index contributed by atoms with van der Waals surface area (Å²) in [5, 5.41) is 5.92. The Balaban J connectivity index is 1.52. The van der Waals surface area contributed by atoms with Crippen LogP contribution < -0.4 is 22.1 Å². The number of guanidine groups is 1. The van der Waals surface area contributed by atoms with Gasteiger partial charge in [0.1, 0.15) is 0 Å². The smallest absolute Gasteiger partial charge is 0.344 e. The molecule has 0 unspecified atom stereocenters. The number of aromatic nitrogens is 2. The summed E-state index contributed by atoms with van der Waals surface area (Å²) in [6.45, 7) is 2.91. The SMILES string of the molecule is NC(N)=NC(=O)NCc1cccc(-c2cnc(NCCC3CCOCC3)nc2)c1. The lowest BCUT2D eigenvalue weighted by Crippen LogP contribution is -2.28. The fourth-order valence-electron chi connectivity index (χ4n) is 3.19. The van der Waals surface area contributed by atoms with E-state index in [0.717, 1.165) is 55.7 Å². The molecule has 1 aliphatic rings. The molecule has 2 aromatic rings. The van der Waals surface area contributed by atoms with Crippen molar-refractivity contribution in [3.8, 4) is 11.1 Å². The largest absolute Gasteiger partial charge is 0.381 e. The summed E-state index contributed by atoms with van der Waals surface area (Å²) in [6, 6.07) is 7.18. The van der Waals surface area contributed by atoms with Crippen LogP contribution in [-0.2, 0) is 11.3 Å². The summed E-state index contributed by atoms with van der Waals surface area (Å²) in [6.07, 6.45) is 6.94. The van der Waals surface area contributed by atoms with Gasteiger partial charge in [0.25, 0.3) is 0 Å². The number of carbonyl (C=O) groups is 1. The molecule has 6 N–H and O–H groups in total. The molecule has 1 fully saturated rings. The maximum absolute atomic E-state index is 11.5. The summed E-state index contributed by atoms with van der Waals surface area (Å²) in [7, 11) is 0. The van der Waals surface area contributed by atoms with Gasteiger partial charge in [-0.3, -0.25) is 0 Å². The number of anilines is 1. The zero-order valence-electron chi connectivity index (χ0n) is 16.3. The summed E-state index contributed by atoms with van der Waals surface area (Å²) in [5.41, 5.74) is 13.2. The Bertz CT molecular complexity index is 829. The number of carbonyl (C=O) groups excluding carboxylic acids is 1. The standard InChI is InChI=1S/C20H27N7O2/c21-18(22)27-20(28)26-11-15-2-1-3-16(10-15)17-12-24-19(25-13-17)23-7-4-14-5-8-29-9-6-14/h1-3,10,12-14H,4-9,11H2,(H,23,24,25)(H5,21,22,26,27,28). The van der Waals surface area contributed by atoms with Crippen molar-refractivity contribution in [1.82, 2.24) is 15.3 Å². The Morgan fingerprint density at radius 3 is 2.66 bits per heavy atom. The maximum Gasteiger partial charge on any atom is 0.344 e. The molecule has 0 radical (unpaired) electrons. The van der Waals surface area contributed by atoms with Crippen molar-refractivity contribution >= 4 is 17.9 Å². The Morgan fingerprint density at radius 1 is 1.17 bits per heavy atom. The predicted octanol–water partition coefficient (Wildman–Crippen LogP) is 1.86. The van der Waals surface area contributed by atoms with E-state index in [-0.39, 0.29) is 5.96 Å². The first-order chi connectivity index (χ1) is 14.1. The molecule has 29 heavy (non-hydrogen) atoms. The minimum atomic E-state index is -0.574. The van der Waals surface area contributed by atoms with E-state index in [0.29, 0.717) is 18.4 Å². The van der Waals surface area contributed by atoms with Crippen molar-refractivity contribution in [3.05, 3.63) is 42.2 Å². The van der Waals surface area contributed by atoms with E-state index >= 15 is 0 Å². The molecule has 0 aliphatic carbocycles. The number of amides is 2. The molecule has 0 atom stereocenters. The molecule has 2 heterocycles. The maximum atomic E-state index is 11.5. The average molecular weight is 397 g/mol. The zero-order chi connectivity index (χ0) is 20.5. The minimum absolute atomic E-state index is 0.269. The highest BCUT2D eigenvalue weighted by atomic mass is 16.5. The summed E-state index contributed by atoms with van der Waals surface area (Å²) < 4.78 is 5.39. The minimum Gasteiger partial charge on any atom is -0.381 e. The van der Waals surface area contributed by atoms with Gasteiger partial charge in [-0.25, -0.2) is 14.8 Å². The van der Waals surface area contributed by atoms with Gasteiger partial charge >= 0.3 is 6.03 Å². The predicted molar refractivity (Wildman–Crippen MR) is 112 cm³/mol. The zero-order valence-corrected chi connectivity index (χ0v) is 16.3. The van der Waals surface area contributed by atoms with Gasteiger partial charge in [0.15, 0.2) is 5.96 Å². The van der Waals surface area contributed by atoms with Gasteiger partial charge in [0, 0.05) is 44.3 Å². The third-order valence-corrected chi connectivity index (χ3v) is 4.76. The van der Waals surface area contributed by atoms with E-state index in [9.17, 15) is 4.79 Å². The average Bonchev–Trinajstić information content (AvgIpc) is 2.73. The fraction of sp³-hybridized carbons (Fsp3) is 0.400. The molecule has 1 aliphatic heterocycles. The van der Waals surface area contributed by atoms with Gasteiger partial charge in [0.05, 0.1) is 0 Å². The van der Waals surface area contributed by atoms with E-state index in [1.807, 2.05) is 24.3 Å². The first kappa shape index (κ1) is 20.5. The van der Waals surface area contributed by atoms with Crippen molar-refractivity contribution in [1.29, 1.82) is 0 Å². The number of aliphatic imine (C=N–C) groups is 1. The molecule has 9 heteroatoms. The number of hydrogen-bond donors (Lipinski definition) is 4. The molecule has 0 saturated carbocycles. The lowest BCUT2D eigenvalue weighted by molar-refractivity contribution is 0.0649. The second kappa shape index (κ2) is 10.4. The number of rotatable bonds is 7. The van der Waals surface area contributed by atoms with Crippen molar-refractivity contribution in [2.45, 2.75) is 25.8 Å². The quantitative estimate of drug-likeness (QED) is 0.413. The normalized spacial score (nSPS) is 14.2. The Kier molecular flexibility index (Phi) is 7.34. The number of ether oxygens (including phenoxy) is 1. The second-order valence-corrected chi connectivity index (χ2v) is 6.96. The van der Waals surface area contributed by atoms with Gasteiger partial charge < -0.3 is 26.8 Å². The third-order valence-electron chi connectivity index (χ3n) is 4.76. The first-order valence-electron chi connectivity index (χ1n) is 9.70. The van der Waals surface area contributed by atoms with Crippen molar-refractivity contribution in [3.63, 3.8) is 0 Å². The Morgan fingerprint density at radius 2 is 1.93 bits per heavy atom. The van der Waals surface area contributed by atoms with Crippen LogP contribution in [0.15, 0.2) is 41.7 Å². The van der Waals surface area contributed by atoms with Crippen LogP contribution in [0.4, 0.5) is 10.7 Å². The highest BCUT2D eigenvalue weighted by Gasteiger charge is 2.13. The molecule has 1 aromatic carbocycles. The van der Waals surface area contributed by atoms with Crippen molar-refractivity contribution in [2.24, 2.45) is 22.4 Å². The van der Waals surface area contributed by atoms with Crippen LogP contribution in [0.5, 0.6) is 0 Å². The van der Waals surface area contributed by atoms with Crippen molar-refractivity contribution < 1.29 is 9.53 Å². The number of nitrogens with two attached hydrogens (primary N) is 2. The van der Waals surface area contributed by atoms with E-state index < -0.39 is 6.03 Å². The molecule has 3 rings (SSSR count). The third kappa shape index (κ3) is 6.72. The van der Waals surface area contributed by atoms with Crippen LogP contribution in [0.3, 0.4) is 0 Å². The molecule has 1 saturated heterocycles. The van der Waals surface area contributed by atoms with E-state index in [1.54, 1.807) is 12.4 Å². The highest BCUT2D eigenvalue weighted by molar-refractivity contribution is 5.90. The van der Waals surface area contributed by atoms with Gasteiger partial charge in [-0.15, -0.1) is 0 Å². The number of nitrogens with zero attached hydrogens (tertiary/aromatic N) is 3. The van der Waals surface area contributed by atoms with Gasteiger partial charge in [-0.1, -0.05) is 18.2 Å². The molecule has 0 spiro atoms. The first-order valence-corrected chi connectivity index (χ1v) is 9.70. The monoisotopic (exact) mass is 397 g/mol. The number of urea groups is 1. The van der Waals surface area contributed by atoms with Crippen LogP contribution in [0.2, 0.25) is 0 Å². The van der Waals surface area contributed by atoms with Crippen molar-refractivity contribution in [2.75, 3.05) is 25.1 Å². The molecule has 0 bridgehead atoms. The molecule has 154 valence electrons. The van der Waals surface area contributed by atoms with Crippen LogP contribution in [-0.4, -0.2) is 41.7 Å². The van der Waals surface area contributed by atoms with Gasteiger partial charge in [0.2, 0.25) is 5.95 Å². The number of hydrogen-bond acceptors (Lipinski definition) is 5. The molecule has 9 nitrogen and oxygen atoms in total. The Labute approximate surface area is 170 Å². The van der Waals surface area contributed by atoms with Crippen LogP contribution >= 0.6 is 0 Å². The van der Waals surface area contributed by atoms with Gasteiger partial charge in [-0.2, -0.15) is 4.99 Å². The lowest BCUT2D eigenvalue weighted by atomic mass is 9.97. The van der Waals surface area contributed by atoms with E-state index in [2.05, 4.69) is 25.6 Å². The molecular formula is C20H27N7O2. The Hall–Kier alpha value is -3.20. The molecular weight excluding hydrogens is 370 g/mol. The fourth-order valence-corrected chi connectivity index (χ4v) is 3.19. The highest BCUT2D eigenvalue weighted by Crippen LogP contribution is 2.20. The van der Waals surface area contributed by atoms with Crippen LogP contribution in [0.25, 0.3) is 11.1 Å². The lowest BCUT2D eigenvalue weighted by Gasteiger charge is -2.21. The second-order valence-electron chi connectivity index (χ2n) is 6.96. The summed E-state index contributed by atoms with van der Waals surface area (Å²) in [5.74, 6) is 1.07. The van der Waals surface area contributed by atoms with E-state index in [4.69, 9.17) is 16.2 Å². The summed E-state index contributed by atoms with van der Waals surface area (Å²) in [4.78, 5) is 23.8. The van der Waals surface area contributed by atoms with E-state index in [1.165, 1.54) is 0 Å². The molecule has 1 aromatic heterocycles. The topological polar surface area (TPSA) is 141 Å². The number of benzene rings is 1. The van der Waals surface area contributed by atoms with Gasteiger partial charge in [-0.05, 0) is 42.4 Å².